The molecule has 0 bridgehead atoms. The summed E-state index contributed by atoms with van der Waals surface area (Å²) < 4.78 is 10.2. The van der Waals surface area contributed by atoms with E-state index in [9.17, 15) is 5.21 Å². The average Bonchev–Trinajstić information content (AvgIpc) is 2.64. The van der Waals surface area contributed by atoms with Crippen molar-refractivity contribution in [1.82, 2.24) is 0 Å². The molecule has 0 spiro atoms. The molecule has 0 aliphatic carbocycles. The highest BCUT2D eigenvalue weighted by molar-refractivity contribution is 5.44. The Morgan fingerprint density at radius 3 is 3.00 bits per heavy atom. The molecule has 1 aromatic rings. The van der Waals surface area contributed by atoms with Crippen LogP contribution < -0.4 is 9.47 Å². The van der Waals surface area contributed by atoms with Crippen LogP contribution in [0.15, 0.2) is 23.5 Å². The first-order valence-electron chi connectivity index (χ1n) is 3.98. The predicted octanol–water partition coefficient (Wildman–Crippen LogP) is 1.27. The molecule has 0 unspecified atom stereocenters. The molecule has 6 nitrogen and oxygen atoms in total. The van der Waals surface area contributed by atoms with Gasteiger partial charge in [-0.2, -0.15) is 0 Å². The minimum Gasteiger partial charge on any atom is -0.597 e. The zero-order valence-corrected chi connectivity index (χ0v) is 7.21. The Kier molecular flexibility index (Phi) is 2.10. The molecule has 0 fully saturated rings. The molecule has 6 heteroatoms. The SMILES string of the molecule is [O-]/[N+](Cc1ccc2c(c1)OCO2)=N\O. The lowest BCUT2D eigenvalue weighted by atomic mass is 10.2. The van der Waals surface area contributed by atoms with Crippen molar-refractivity contribution in [1.29, 1.82) is 0 Å². The van der Waals surface area contributed by atoms with Crippen LogP contribution in [-0.4, -0.2) is 16.9 Å². The number of fused-ring (bicyclic) bond motifs is 1. The van der Waals surface area contributed by atoms with Crippen LogP contribution in [0.5, 0.6) is 11.5 Å². The molecule has 1 aliphatic heterocycles. The number of hydrogen-bond acceptors (Lipinski definition) is 4. The highest BCUT2D eigenvalue weighted by Crippen LogP contribution is 2.32. The van der Waals surface area contributed by atoms with Crippen molar-refractivity contribution in [3.63, 3.8) is 0 Å². The molecule has 1 heterocycles. The van der Waals surface area contributed by atoms with Gasteiger partial charge in [-0.1, -0.05) is 4.86 Å². The first-order valence-corrected chi connectivity index (χ1v) is 3.98. The van der Waals surface area contributed by atoms with Gasteiger partial charge in [0.15, 0.2) is 16.8 Å². The van der Waals surface area contributed by atoms with E-state index in [-0.39, 0.29) is 18.2 Å². The largest absolute Gasteiger partial charge is 0.597 e. The first-order chi connectivity index (χ1) is 6.79. The van der Waals surface area contributed by atoms with Crippen LogP contribution in [-0.2, 0) is 6.54 Å². The minimum atomic E-state index is -0.0207. The summed E-state index contributed by atoms with van der Waals surface area (Å²) in [5, 5.41) is 21.4. The van der Waals surface area contributed by atoms with Crippen LogP contribution in [0.4, 0.5) is 0 Å². The number of hydrogen-bond donors (Lipinski definition) is 1. The third-order valence-corrected chi connectivity index (χ3v) is 1.85. The Balaban J connectivity index is 2.21. The molecule has 74 valence electrons. The van der Waals surface area contributed by atoms with E-state index >= 15 is 0 Å². The van der Waals surface area contributed by atoms with Crippen molar-refractivity contribution in [2.75, 3.05) is 6.79 Å². The lowest BCUT2D eigenvalue weighted by molar-refractivity contribution is -0.570. The maximum absolute atomic E-state index is 10.7. The first kappa shape index (κ1) is 8.61. The number of hydroxylamine groups is 1. The molecule has 0 amide bonds. The topological polar surface area (TPSA) is 77.1 Å². The van der Waals surface area contributed by atoms with Crippen molar-refractivity contribution in [3.05, 3.63) is 29.0 Å². The monoisotopic (exact) mass is 196 g/mol. The maximum Gasteiger partial charge on any atom is 0.231 e. The molecule has 0 atom stereocenters. The van der Waals surface area contributed by atoms with Crippen molar-refractivity contribution in [2.24, 2.45) is 5.28 Å². The fourth-order valence-corrected chi connectivity index (χ4v) is 1.23. The predicted molar refractivity (Wildman–Crippen MR) is 44.1 cm³/mol. The van der Waals surface area contributed by atoms with Gasteiger partial charge in [-0.15, -0.1) is 0 Å². The number of rotatable bonds is 2. The highest BCUT2D eigenvalue weighted by atomic mass is 16.7. The summed E-state index contributed by atoms with van der Waals surface area (Å²) in [5.74, 6) is 1.26. The molecular weight excluding hydrogens is 188 g/mol. The Labute approximate surface area is 79.5 Å². The van der Waals surface area contributed by atoms with Crippen LogP contribution >= 0.6 is 0 Å². The molecule has 2 rings (SSSR count). The van der Waals surface area contributed by atoms with Gasteiger partial charge in [-0.3, -0.25) is 0 Å². The number of benzene rings is 1. The Morgan fingerprint density at radius 2 is 2.21 bits per heavy atom. The molecule has 1 N–H and O–H groups in total. The summed E-state index contributed by atoms with van der Waals surface area (Å²) in [5.41, 5.74) is 0.696. The third kappa shape index (κ3) is 1.54. The van der Waals surface area contributed by atoms with Gasteiger partial charge in [-0.25, -0.2) is 0 Å². The normalized spacial score (nSPS) is 14.4. The Hall–Kier alpha value is -1.98. The van der Waals surface area contributed by atoms with Gasteiger partial charge in [0, 0.05) is 5.56 Å². The fraction of sp³-hybridized carbons (Fsp3) is 0.250. The van der Waals surface area contributed by atoms with E-state index in [2.05, 4.69) is 5.28 Å². The Bertz CT molecular complexity index is 378. The molecule has 1 aromatic carbocycles. The van der Waals surface area contributed by atoms with E-state index in [1.54, 1.807) is 18.2 Å². The van der Waals surface area contributed by atoms with Gasteiger partial charge in [-0.05, 0) is 18.2 Å². The van der Waals surface area contributed by atoms with Crippen molar-refractivity contribution >= 4 is 0 Å². The second kappa shape index (κ2) is 3.41. The summed E-state index contributed by atoms with van der Waals surface area (Å²) in [4.78, 5) is 0.178. The smallest absolute Gasteiger partial charge is 0.231 e. The van der Waals surface area contributed by atoms with E-state index in [0.717, 1.165) is 0 Å². The second-order valence-electron chi connectivity index (χ2n) is 2.79. The maximum atomic E-state index is 10.7. The van der Waals surface area contributed by atoms with E-state index in [1.165, 1.54) is 0 Å². The molecule has 14 heavy (non-hydrogen) atoms. The molecule has 0 radical (unpaired) electrons. The summed E-state index contributed by atoms with van der Waals surface area (Å²) >= 11 is 0. The molecule has 0 saturated heterocycles. The van der Waals surface area contributed by atoms with Crippen molar-refractivity contribution in [2.45, 2.75) is 6.54 Å². The van der Waals surface area contributed by atoms with E-state index in [0.29, 0.717) is 17.1 Å². The van der Waals surface area contributed by atoms with Crippen LogP contribution in [0.3, 0.4) is 0 Å². The van der Waals surface area contributed by atoms with Gasteiger partial charge in [0.25, 0.3) is 0 Å². The van der Waals surface area contributed by atoms with E-state index < -0.39 is 0 Å². The van der Waals surface area contributed by atoms with Gasteiger partial charge < -0.3 is 19.9 Å². The summed E-state index contributed by atoms with van der Waals surface area (Å²) in [6, 6.07) is 5.10. The van der Waals surface area contributed by atoms with Crippen LogP contribution in [0.25, 0.3) is 0 Å². The number of nitrogens with zero attached hydrogens (tertiary/aromatic N) is 2. The summed E-state index contributed by atoms with van der Waals surface area (Å²) in [7, 11) is 0. The van der Waals surface area contributed by atoms with Crippen LogP contribution in [0.1, 0.15) is 5.56 Å². The molecule has 0 aromatic heterocycles. The van der Waals surface area contributed by atoms with Crippen LogP contribution in [0.2, 0.25) is 0 Å². The van der Waals surface area contributed by atoms with Gasteiger partial charge in [0.05, 0.1) is 0 Å². The minimum absolute atomic E-state index is 0.0207. The fourth-order valence-electron chi connectivity index (χ4n) is 1.23. The van der Waals surface area contributed by atoms with E-state index in [4.69, 9.17) is 14.7 Å². The third-order valence-electron chi connectivity index (χ3n) is 1.85. The molecule has 0 saturated carbocycles. The van der Waals surface area contributed by atoms with Gasteiger partial charge in [0.2, 0.25) is 13.3 Å². The highest BCUT2D eigenvalue weighted by Gasteiger charge is 2.14. The van der Waals surface area contributed by atoms with Gasteiger partial charge in [0.1, 0.15) is 0 Å². The quantitative estimate of drug-likeness (QED) is 0.439. The van der Waals surface area contributed by atoms with Crippen LogP contribution in [0, 0.1) is 5.21 Å². The Morgan fingerprint density at radius 1 is 1.43 bits per heavy atom. The van der Waals surface area contributed by atoms with Crippen molar-refractivity contribution < 1.29 is 19.5 Å². The molecule has 1 aliphatic rings. The average molecular weight is 196 g/mol. The van der Waals surface area contributed by atoms with Crippen molar-refractivity contribution in [3.8, 4) is 11.5 Å². The summed E-state index contributed by atoms with van der Waals surface area (Å²) in [6.07, 6.45) is 0. The van der Waals surface area contributed by atoms with Gasteiger partial charge >= 0.3 is 0 Å². The lowest BCUT2D eigenvalue weighted by Crippen LogP contribution is -1.99. The second-order valence-corrected chi connectivity index (χ2v) is 2.79. The number of ether oxygens (including phenoxy) is 2. The zero-order valence-electron chi connectivity index (χ0n) is 7.21. The standard InChI is InChI=1S/C8H8N2O4/c11-9-10(12)4-6-1-2-7-8(3-6)14-5-13-7/h1-3,11H,4-5H2/b10-9-. The summed E-state index contributed by atoms with van der Waals surface area (Å²) in [6.45, 7) is 0.178. The molecular formula is C8H8N2O4. The van der Waals surface area contributed by atoms with E-state index in [1.807, 2.05) is 0 Å². The zero-order chi connectivity index (χ0) is 9.97. The lowest BCUT2D eigenvalue weighted by Gasteiger charge is -2.00.